The lowest BCUT2D eigenvalue weighted by Gasteiger charge is -2.29. The SMILES string of the molecule is CC(C)(C#N)C(NC(=O)c1c[nH]c2ncc(COCC[Si](C)(C)C)nc12)C1CC1. The van der Waals surface area contributed by atoms with Gasteiger partial charge in [-0.15, -0.1) is 0 Å². The van der Waals surface area contributed by atoms with Gasteiger partial charge in [-0.2, -0.15) is 5.26 Å². The second-order valence-corrected chi connectivity index (χ2v) is 15.4. The summed E-state index contributed by atoms with van der Waals surface area (Å²) < 4.78 is 5.77. The molecule has 1 fully saturated rings. The molecule has 1 atom stereocenters. The molecular weight excluding hydrogens is 382 g/mol. The maximum atomic E-state index is 13.0. The second-order valence-electron chi connectivity index (χ2n) is 9.75. The molecule has 2 N–H and O–H groups in total. The first kappa shape index (κ1) is 21.5. The Kier molecular flexibility index (Phi) is 6.10. The largest absolute Gasteiger partial charge is 0.375 e. The molecule has 8 heteroatoms. The Hall–Kier alpha value is -2.24. The molecule has 7 nitrogen and oxygen atoms in total. The number of carbonyl (C=O) groups is 1. The van der Waals surface area contributed by atoms with E-state index in [0.29, 0.717) is 41.6 Å². The van der Waals surface area contributed by atoms with Crippen molar-refractivity contribution in [3.8, 4) is 6.07 Å². The van der Waals surface area contributed by atoms with E-state index in [2.05, 4.69) is 46.0 Å². The van der Waals surface area contributed by atoms with Gasteiger partial charge in [0.05, 0.1) is 41.6 Å². The molecule has 2 aromatic heterocycles. The van der Waals surface area contributed by atoms with Crippen molar-refractivity contribution in [2.75, 3.05) is 6.61 Å². The Morgan fingerprint density at radius 3 is 2.79 bits per heavy atom. The lowest BCUT2D eigenvalue weighted by Crippen LogP contribution is -2.46. The fourth-order valence-corrected chi connectivity index (χ4v) is 4.09. The molecule has 1 aliphatic carbocycles. The van der Waals surface area contributed by atoms with Crippen LogP contribution in [0.4, 0.5) is 0 Å². The van der Waals surface area contributed by atoms with E-state index >= 15 is 0 Å². The Balaban J connectivity index is 1.72. The average molecular weight is 414 g/mol. The van der Waals surface area contributed by atoms with Crippen LogP contribution in [0.25, 0.3) is 11.2 Å². The van der Waals surface area contributed by atoms with Gasteiger partial charge in [0.25, 0.3) is 5.91 Å². The minimum atomic E-state index is -1.13. The molecule has 1 aliphatic rings. The van der Waals surface area contributed by atoms with Crippen LogP contribution in [0.1, 0.15) is 42.7 Å². The van der Waals surface area contributed by atoms with E-state index in [9.17, 15) is 10.1 Å². The fourth-order valence-electron chi connectivity index (χ4n) is 3.33. The molecule has 1 unspecified atom stereocenters. The van der Waals surface area contributed by atoms with Crippen LogP contribution in [0.3, 0.4) is 0 Å². The number of aromatic nitrogens is 3. The third-order valence-electron chi connectivity index (χ3n) is 5.37. The fraction of sp³-hybridized carbons (Fsp3) is 0.619. The number of nitrogens with zero attached hydrogens (tertiary/aromatic N) is 3. The quantitative estimate of drug-likeness (QED) is 0.480. The molecule has 1 amide bonds. The lowest BCUT2D eigenvalue weighted by molar-refractivity contribution is 0.0905. The zero-order valence-corrected chi connectivity index (χ0v) is 19.0. The van der Waals surface area contributed by atoms with Crippen LogP contribution in [0.2, 0.25) is 25.7 Å². The van der Waals surface area contributed by atoms with E-state index in [4.69, 9.17) is 4.74 Å². The monoisotopic (exact) mass is 413 g/mol. The highest BCUT2D eigenvalue weighted by molar-refractivity contribution is 6.76. The van der Waals surface area contributed by atoms with E-state index in [1.54, 1.807) is 12.4 Å². The van der Waals surface area contributed by atoms with Gasteiger partial charge in [-0.05, 0) is 38.7 Å². The Bertz CT molecular complexity index is 921. The highest BCUT2D eigenvalue weighted by atomic mass is 28.3. The average Bonchev–Trinajstić information content (AvgIpc) is 3.40. The number of carbonyl (C=O) groups excluding carboxylic acids is 1. The number of hydrogen-bond acceptors (Lipinski definition) is 5. The number of nitriles is 1. The zero-order valence-electron chi connectivity index (χ0n) is 18.0. The Labute approximate surface area is 173 Å². The summed E-state index contributed by atoms with van der Waals surface area (Å²) >= 11 is 0. The van der Waals surface area contributed by atoms with Gasteiger partial charge in [-0.1, -0.05) is 19.6 Å². The minimum Gasteiger partial charge on any atom is -0.375 e. The summed E-state index contributed by atoms with van der Waals surface area (Å²) in [5.74, 6) is 0.141. The molecule has 0 spiro atoms. The predicted molar refractivity (Wildman–Crippen MR) is 115 cm³/mol. The summed E-state index contributed by atoms with van der Waals surface area (Å²) in [4.78, 5) is 25.0. The van der Waals surface area contributed by atoms with Crippen LogP contribution < -0.4 is 5.32 Å². The van der Waals surface area contributed by atoms with Gasteiger partial charge in [0.15, 0.2) is 5.65 Å². The van der Waals surface area contributed by atoms with Crippen molar-refractivity contribution >= 4 is 25.1 Å². The van der Waals surface area contributed by atoms with Gasteiger partial charge in [-0.3, -0.25) is 4.79 Å². The van der Waals surface area contributed by atoms with Gasteiger partial charge in [0.2, 0.25) is 0 Å². The molecule has 0 aromatic carbocycles. The van der Waals surface area contributed by atoms with Crippen LogP contribution in [0, 0.1) is 22.7 Å². The van der Waals surface area contributed by atoms with E-state index in [-0.39, 0.29) is 11.9 Å². The van der Waals surface area contributed by atoms with Crippen LogP contribution in [0.15, 0.2) is 12.4 Å². The molecule has 1 saturated carbocycles. The van der Waals surface area contributed by atoms with Crippen molar-refractivity contribution in [3.63, 3.8) is 0 Å². The summed E-state index contributed by atoms with van der Waals surface area (Å²) in [5.41, 5.74) is 1.65. The van der Waals surface area contributed by atoms with E-state index in [1.165, 1.54) is 0 Å². The van der Waals surface area contributed by atoms with E-state index in [0.717, 1.165) is 18.9 Å². The van der Waals surface area contributed by atoms with Crippen LogP contribution in [-0.2, 0) is 11.3 Å². The molecule has 0 aliphatic heterocycles. The van der Waals surface area contributed by atoms with Gasteiger partial charge >= 0.3 is 0 Å². The normalized spacial score (nSPS) is 15.9. The van der Waals surface area contributed by atoms with Crippen molar-refractivity contribution < 1.29 is 9.53 Å². The number of aromatic amines is 1. The van der Waals surface area contributed by atoms with Crippen molar-refractivity contribution in [2.45, 2.75) is 65.0 Å². The van der Waals surface area contributed by atoms with Crippen molar-refractivity contribution in [1.82, 2.24) is 20.3 Å². The molecule has 0 radical (unpaired) electrons. The van der Waals surface area contributed by atoms with Crippen molar-refractivity contribution in [1.29, 1.82) is 5.26 Å². The topological polar surface area (TPSA) is 104 Å². The van der Waals surface area contributed by atoms with Crippen LogP contribution in [-0.4, -0.2) is 41.6 Å². The number of amides is 1. The first-order valence-corrected chi connectivity index (χ1v) is 13.9. The van der Waals surface area contributed by atoms with Gasteiger partial charge < -0.3 is 15.0 Å². The number of fused-ring (bicyclic) bond motifs is 1. The zero-order chi connectivity index (χ0) is 21.2. The molecular formula is C21H31N5O2Si. The molecule has 156 valence electrons. The maximum Gasteiger partial charge on any atom is 0.255 e. The van der Waals surface area contributed by atoms with E-state index < -0.39 is 13.5 Å². The Morgan fingerprint density at radius 2 is 2.17 bits per heavy atom. The lowest BCUT2D eigenvalue weighted by atomic mass is 9.83. The van der Waals surface area contributed by atoms with Crippen LogP contribution >= 0.6 is 0 Å². The standard InChI is InChI=1S/C21H31N5O2Si/c1-21(2,13-22)18(14-6-7-14)26-20(27)16-11-24-19-17(16)25-15(10-23-19)12-28-8-9-29(3,4)5/h10-11,14,18H,6-9,12H2,1-5H3,(H,23,24)(H,26,27). The molecule has 0 saturated heterocycles. The number of nitrogens with one attached hydrogen (secondary N) is 2. The smallest absolute Gasteiger partial charge is 0.255 e. The number of H-pyrrole nitrogens is 1. The number of rotatable bonds is 9. The summed E-state index contributed by atoms with van der Waals surface area (Å²) in [7, 11) is -1.13. The number of hydrogen-bond donors (Lipinski definition) is 2. The molecule has 3 rings (SSSR count). The third kappa shape index (κ3) is 5.43. The first-order chi connectivity index (χ1) is 13.6. The minimum absolute atomic E-state index is 0.175. The summed E-state index contributed by atoms with van der Waals surface area (Å²) in [6.07, 6.45) is 5.41. The van der Waals surface area contributed by atoms with Crippen molar-refractivity contribution in [2.24, 2.45) is 11.3 Å². The van der Waals surface area contributed by atoms with E-state index in [1.807, 2.05) is 13.8 Å². The number of ether oxygens (including phenoxy) is 1. The Morgan fingerprint density at radius 1 is 1.45 bits per heavy atom. The molecule has 2 aromatic rings. The van der Waals surface area contributed by atoms with Gasteiger partial charge in [-0.25, -0.2) is 9.97 Å². The first-order valence-electron chi connectivity index (χ1n) is 10.2. The van der Waals surface area contributed by atoms with Gasteiger partial charge in [0, 0.05) is 20.9 Å². The predicted octanol–water partition coefficient (Wildman–Crippen LogP) is 3.87. The van der Waals surface area contributed by atoms with Crippen LogP contribution in [0.5, 0.6) is 0 Å². The molecule has 29 heavy (non-hydrogen) atoms. The second kappa shape index (κ2) is 8.25. The molecule has 0 bridgehead atoms. The van der Waals surface area contributed by atoms with Gasteiger partial charge in [0.1, 0.15) is 5.52 Å². The molecule has 2 heterocycles. The van der Waals surface area contributed by atoms with Crippen molar-refractivity contribution in [3.05, 3.63) is 23.7 Å². The summed E-state index contributed by atoms with van der Waals surface area (Å²) in [6, 6.07) is 3.25. The summed E-state index contributed by atoms with van der Waals surface area (Å²) in [6.45, 7) is 11.8. The highest BCUT2D eigenvalue weighted by Gasteiger charge is 2.42. The summed E-state index contributed by atoms with van der Waals surface area (Å²) in [5, 5.41) is 12.6. The highest BCUT2D eigenvalue weighted by Crippen LogP contribution is 2.40. The third-order valence-corrected chi connectivity index (χ3v) is 7.07. The maximum absolute atomic E-state index is 13.0.